The van der Waals surface area contributed by atoms with Gasteiger partial charge in [-0.2, -0.15) is 0 Å². The second-order valence-electron chi connectivity index (χ2n) is 3.51. The molecule has 0 aliphatic carbocycles. The van der Waals surface area contributed by atoms with Crippen LogP contribution in [0.25, 0.3) is 0 Å². The minimum Gasteiger partial charge on any atom is -0.392 e. The quantitative estimate of drug-likeness (QED) is 0.635. The van der Waals surface area contributed by atoms with Gasteiger partial charge in [-0.3, -0.25) is 0 Å². The van der Waals surface area contributed by atoms with Crippen LogP contribution in [0.5, 0.6) is 0 Å². The van der Waals surface area contributed by atoms with Crippen molar-refractivity contribution in [2.45, 2.75) is 38.6 Å². The molecule has 2 atom stereocenters. The van der Waals surface area contributed by atoms with Crippen molar-refractivity contribution in [3.63, 3.8) is 0 Å². The number of alkyl halides is 1. The van der Waals surface area contributed by atoms with E-state index < -0.39 is 0 Å². The highest BCUT2D eigenvalue weighted by Gasteiger charge is 2.25. The number of hydrogen-bond donors (Lipinski definition) is 1. The average molecular weight is 195 g/mol. The van der Waals surface area contributed by atoms with Crippen LogP contribution < -0.4 is 0 Å². The van der Waals surface area contributed by atoms with Gasteiger partial charge in [0, 0.05) is 4.83 Å². The molecule has 1 N–H and O–H groups in total. The molecule has 9 heavy (non-hydrogen) atoms. The van der Waals surface area contributed by atoms with E-state index in [4.69, 9.17) is 5.11 Å². The third-order valence-electron chi connectivity index (χ3n) is 1.25. The van der Waals surface area contributed by atoms with Crippen molar-refractivity contribution in [1.29, 1.82) is 0 Å². The first kappa shape index (κ1) is 9.44. The smallest absolute Gasteiger partial charge is 0.0642 e. The maximum absolute atomic E-state index is 9.11. The molecule has 0 aliphatic rings. The fraction of sp³-hybridized carbons (Fsp3) is 1.00. The molecule has 0 saturated carbocycles. The summed E-state index contributed by atoms with van der Waals surface area (Å²) in [5, 5.41) is 9.11. The van der Waals surface area contributed by atoms with Crippen LogP contribution in [0.3, 0.4) is 0 Å². The fourth-order valence-corrected chi connectivity index (χ4v) is 0.724. The van der Waals surface area contributed by atoms with Crippen LogP contribution >= 0.6 is 15.9 Å². The van der Waals surface area contributed by atoms with Gasteiger partial charge in [0.05, 0.1) is 6.10 Å². The van der Waals surface area contributed by atoms with E-state index in [0.717, 1.165) is 0 Å². The van der Waals surface area contributed by atoms with E-state index >= 15 is 0 Å². The van der Waals surface area contributed by atoms with E-state index in [9.17, 15) is 0 Å². The van der Waals surface area contributed by atoms with Crippen molar-refractivity contribution in [2.24, 2.45) is 5.41 Å². The number of aliphatic hydroxyl groups excluding tert-OH is 1. The largest absolute Gasteiger partial charge is 0.392 e. The number of rotatable bonds is 1. The second kappa shape index (κ2) is 3.02. The van der Waals surface area contributed by atoms with Crippen molar-refractivity contribution < 1.29 is 5.11 Å². The summed E-state index contributed by atoms with van der Waals surface area (Å²) in [6, 6.07) is 0. The summed E-state index contributed by atoms with van der Waals surface area (Å²) in [4.78, 5) is 0.185. The molecule has 56 valence electrons. The lowest BCUT2D eigenvalue weighted by molar-refractivity contribution is 0.150. The van der Waals surface area contributed by atoms with Crippen LogP contribution in [0, 0.1) is 5.41 Å². The Labute approximate surface area is 65.6 Å². The first-order valence-electron chi connectivity index (χ1n) is 3.18. The van der Waals surface area contributed by atoms with Gasteiger partial charge in [0.25, 0.3) is 0 Å². The van der Waals surface area contributed by atoms with Crippen LogP contribution in [0.2, 0.25) is 0 Å². The lowest BCUT2D eigenvalue weighted by Crippen LogP contribution is -2.30. The summed E-state index contributed by atoms with van der Waals surface area (Å²) < 4.78 is 0. The Hall–Kier alpha value is 0.440. The number of halogens is 1. The molecule has 0 saturated heterocycles. The molecule has 1 nitrogen and oxygen atoms in total. The maximum atomic E-state index is 9.11. The van der Waals surface area contributed by atoms with E-state index in [2.05, 4.69) is 36.7 Å². The fourth-order valence-electron chi connectivity index (χ4n) is 0.724. The summed E-state index contributed by atoms with van der Waals surface area (Å²) in [6.45, 7) is 8.09. The van der Waals surface area contributed by atoms with Gasteiger partial charge in [-0.15, -0.1) is 0 Å². The molecule has 0 aliphatic heterocycles. The third-order valence-corrected chi connectivity index (χ3v) is 3.39. The normalized spacial score (nSPS) is 19.3. The van der Waals surface area contributed by atoms with Crippen molar-refractivity contribution in [3.8, 4) is 0 Å². The van der Waals surface area contributed by atoms with Crippen molar-refractivity contribution in [1.82, 2.24) is 0 Å². The predicted octanol–water partition coefficient (Wildman–Crippen LogP) is 2.18. The highest BCUT2D eigenvalue weighted by molar-refractivity contribution is 9.09. The SMILES string of the molecule is CC(O)C(Br)C(C)(C)C. The minimum absolute atomic E-state index is 0.147. The number of aliphatic hydroxyl groups is 1. The Balaban J connectivity index is 3.88. The Bertz CT molecular complexity index is 83.4. The Kier molecular flexibility index (Phi) is 3.17. The van der Waals surface area contributed by atoms with Crippen molar-refractivity contribution in [2.75, 3.05) is 0 Å². The van der Waals surface area contributed by atoms with Gasteiger partial charge < -0.3 is 5.11 Å². The van der Waals surface area contributed by atoms with Crippen LogP contribution in [-0.4, -0.2) is 16.0 Å². The predicted molar refractivity (Wildman–Crippen MR) is 43.9 cm³/mol. The van der Waals surface area contributed by atoms with Gasteiger partial charge in [0.15, 0.2) is 0 Å². The first-order chi connectivity index (χ1) is 3.85. The molecule has 0 heterocycles. The molecular weight excluding hydrogens is 180 g/mol. The van der Waals surface area contributed by atoms with E-state index in [1.165, 1.54) is 0 Å². The Morgan fingerprint density at radius 2 is 1.67 bits per heavy atom. The Morgan fingerprint density at radius 1 is 1.33 bits per heavy atom. The molecule has 0 amide bonds. The maximum Gasteiger partial charge on any atom is 0.0642 e. The van der Waals surface area contributed by atoms with E-state index in [1.54, 1.807) is 6.92 Å². The molecule has 0 bridgehead atoms. The van der Waals surface area contributed by atoms with Crippen LogP contribution in [0.4, 0.5) is 0 Å². The third kappa shape index (κ3) is 3.21. The summed E-state index contributed by atoms with van der Waals surface area (Å²) in [5.41, 5.74) is 0.147. The first-order valence-corrected chi connectivity index (χ1v) is 4.09. The zero-order chi connectivity index (χ0) is 7.65. The van der Waals surface area contributed by atoms with E-state index in [-0.39, 0.29) is 16.3 Å². The molecule has 2 unspecified atom stereocenters. The lowest BCUT2D eigenvalue weighted by atomic mass is 9.90. The van der Waals surface area contributed by atoms with Crippen molar-refractivity contribution >= 4 is 15.9 Å². The zero-order valence-electron chi connectivity index (χ0n) is 6.48. The molecule has 0 aromatic rings. The lowest BCUT2D eigenvalue weighted by Gasteiger charge is -2.27. The summed E-state index contributed by atoms with van der Waals surface area (Å²) in [7, 11) is 0. The van der Waals surface area contributed by atoms with Crippen LogP contribution in [0.15, 0.2) is 0 Å². The van der Waals surface area contributed by atoms with Crippen LogP contribution in [-0.2, 0) is 0 Å². The topological polar surface area (TPSA) is 20.2 Å². The van der Waals surface area contributed by atoms with Crippen molar-refractivity contribution in [3.05, 3.63) is 0 Å². The minimum atomic E-state index is -0.273. The molecule has 0 rings (SSSR count). The van der Waals surface area contributed by atoms with Crippen LogP contribution in [0.1, 0.15) is 27.7 Å². The number of hydrogen-bond acceptors (Lipinski definition) is 1. The summed E-state index contributed by atoms with van der Waals surface area (Å²) in [6.07, 6.45) is -0.273. The monoisotopic (exact) mass is 194 g/mol. The molecule has 0 fully saturated rings. The van der Waals surface area contributed by atoms with Gasteiger partial charge in [-0.05, 0) is 12.3 Å². The molecular formula is C7H15BrO. The zero-order valence-corrected chi connectivity index (χ0v) is 8.07. The molecule has 0 radical (unpaired) electrons. The van der Waals surface area contributed by atoms with Gasteiger partial charge in [-0.1, -0.05) is 36.7 Å². The molecule has 0 aromatic carbocycles. The van der Waals surface area contributed by atoms with E-state index in [1.807, 2.05) is 0 Å². The molecule has 0 aromatic heterocycles. The summed E-state index contributed by atoms with van der Waals surface area (Å²) >= 11 is 3.41. The van der Waals surface area contributed by atoms with Gasteiger partial charge in [0.1, 0.15) is 0 Å². The average Bonchev–Trinajstić information content (AvgIpc) is 1.62. The second-order valence-corrected chi connectivity index (χ2v) is 4.49. The van der Waals surface area contributed by atoms with Gasteiger partial charge >= 0.3 is 0 Å². The highest BCUT2D eigenvalue weighted by Crippen LogP contribution is 2.28. The molecule has 2 heteroatoms. The Morgan fingerprint density at radius 3 is 1.67 bits per heavy atom. The van der Waals surface area contributed by atoms with E-state index in [0.29, 0.717) is 0 Å². The van der Waals surface area contributed by atoms with Gasteiger partial charge in [0.2, 0.25) is 0 Å². The highest BCUT2D eigenvalue weighted by atomic mass is 79.9. The van der Waals surface area contributed by atoms with Gasteiger partial charge in [-0.25, -0.2) is 0 Å². The summed E-state index contributed by atoms with van der Waals surface area (Å²) in [5.74, 6) is 0. The standard InChI is InChI=1S/C7H15BrO/c1-5(9)6(8)7(2,3)4/h5-6,9H,1-4H3. The molecule has 0 spiro atoms.